The first-order chi connectivity index (χ1) is 27.6. The largest absolute Gasteiger partial charge is 1.00 e. The van der Waals surface area contributed by atoms with E-state index in [1.54, 1.807) is 0 Å². The van der Waals surface area contributed by atoms with Gasteiger partial charge in [-0.1, -0.05) is 19.1 Å². The summed E-state index contributed by atoms with van der Waals surface area (Å²) in [6.07, 6.45) is 0. The second kappa shape index (κ2) is 19.3. The molecule has 0 saturated heterocycles. The molecule has 0 aliphatic rings. The van der Waals surface area contributed by atoms with Crippen molar-refractivity contribution in [3.63, 3.8) is 0 Å². The third-order valence-corrected chi connectivity index (χ3v) is 9.75. The number of primary sulfonamides is 1. The average Bonchev–Trinajstić information content (AvgIpc) is 3.45. The van der Waals surface area contributed by atoms with Crippen LogP contribution in [-0.4, -0.2) is 51.6 Å². The van der Waals surface area contributed by atoms with E-state index in [1.165, 1.54) is 61.5 Å². The monoisotopic (exact) mass is 926 g/mol. The van der Waals surface area contributed by atoms with E-state index in [1.807, 2.05) is 0 Å². The maximum absolute atomic E-state index is 12.6. The predicted molar refractivity (Wildman–Crippen MR) is 202 cm³/mol. The number of hydrogen-bond acceptors (Lipinski definition) is 18. The second-order valence-electron chi connectivity index (χ2n) is 11.8. The molecule has 0 bridgehead atoms. The molecule has 0 fully saturated rings. The van der Waals surface area contributed by atoms with Gasteiger partial charge in [0.05, 0.1) is 25.7 Å². The van der Waals surface area contributed by atoms with E-state index < -0.39 is 63.2 Å². The van der Waals surface area contributed by atoms with Crippen LogP contribution in [0.3, 0.4) is 0 Å². The van der Waals surface area contributed by atoms with Crippen LogP contribution in [0.4, 0.5) is 39.8 Å². The number of non-ortho nitro benzene ring substituents is 2. The van der Waals surface area contributed by atoms with E-state index >= 15 is 0 Å². The summed E-state index contributed by atoms with van der Waals surface area (Å²) in [5, 5.41) is 90.3. The number of fused-ring (bicyclic) bond motifs is 1. The zero-order valence-electron chi connectivity index (χ0n) is 30.9. The van der Waals surface area contributed by atoms with E-state index in [9.17, 15) is 67.3 Å². The zero-order valence-corrected chi connectivity index (χ0v) is 35.9. The van der Waals surface area contributed by atoms with Gasteiger partial charge in [0.15, 0.2) is 0 Å². The van der Waals surface area contributed by atoms with Gasteiger partial charge in [-0.2, -0.15) is 8.42 Å². The molecule has 1 heterocycles. The molecule has 6 rings (SSSR count). The van der Waals surface area contributed by atoms with Gasteiger partial charge in [0.1, 0.15) is 39.1 Å². The minimum Gasteiger partial charge on any atom is -0.589 e. The number of nitro groups is 3. The van der Waals surface area contributed by atoms with Crippen molar-refractivity contribution >= 4 is 70.6 Å². The Morgan fingerprint density at radius 2 is 1.26 bits per heavy atom. The summed E-state index contributed by atoms with van der Waals surface area (Å²) < 4.78 is 46.9. The molecule has 1 aromatic heterocycles. The van der Waals surface area contributed by atoms with Gasteiger partial charge < -0.3 is 25.1 Å². The standard InChI is InChI=1S/C16H14N6O6S.C16H11N5O8S.Cr.Na/c1-9-15(19-18-13-8-11(22(25)26)4-7-14(13)23)16(24)21(20-9)10-2-5-12(6-3-10)29(17,27)28;17-30(28,29)10-2-3-11-8(5-10)1-4-14(22)15(11)19-18-12-6-9(20(24)25)7-13(16(12)23)21(26)27;;/h2-8H,1H3,(H4,17,18,19,20,23,24,27,28);1-7,22-23H,(H2,17,28,29);;/q;;;+1. The van der Waals surface area contributed by atoms with E-state index in [0.717, 1.165) is 28.9 Å². The summed E-state index contributed by atoms with van der Waals surface area (Å²) >= 11 is 0. The molecule has 61 heavy (non-hydrogen) atoms. The van der Waals surface area contributed by atoms with Gasteiger partial charge >= 0.3 is 45.3 Å². The third kappa shape index (κ3) is 11.2. The first-order valence-corrected chi connectivity index (χ1v) is 19.0. The van der Waals surface area contributed by atoms with Gasteiger partial charge in [0, 0.05) is 46.6 Å². The minimum atomic E-state index is -3.98. The van der Waals surface area contributed by atoms with Gasteiger partial charge in [-0.15, -0.1) is 26.2 Å². The van der Waals surface area contributed by atoms with Crippen LogP contribution in [0.1, 0.15) is 5.69 Å². The number of phenols is 3. The van der Waals surface area contributed by atoms with E-state index in [0.29, 0.717) is 17.1 Å². The van der Waals surface area contributed by atoms with Crippen molar-refractivity contribution in [3.05, 3.63) is 131 Å². The molecule has 6 aromatic rings. The molecule has 0 unspecified atom stereocenters. The number of sulfonamides is 2. The van der Waals surface area contributed by atoms with Crippen LogP contribution >= 0.6 is 0 Å². The Kier molecular flexibility index (Phi) is 15.4. The summed E-state index contributed by atoms with van der Waals surface area (Å²) in [5.74, 6) is -1.68. The van der Waals surface area contributed by atoms with E-state index in [4.69, 9.17) is 5.14 Å². The fraction of sp³-hybridized carbons (Fsp3) is 0.0312. The molecule has 0 saturated carbocycles. The molecule has 0 amide bonds. The summed E-state index contributed by atoms with van der Waals surface area (Å²) in [6, 6.07) is 16.2. The molecule has 5 aromatic carbocycles. The second-order valence-corrected chi connectivity index (χ2v) is 15.1. The topological polar surface area (TPSA) is 398 Å². The van der Waals surface area contributed by atoms with Crippen molar-refractivity contribution in [2.45, 2.75) is 16.7 Å². The summed E-state index contributed by atoms with van der Waals surface area (Å²) in [5.41, 5.74) is -3.13. The Balaban J connectivity index is 0.000000315. The third-order valence-electron chi connectivity index (χ3n) is 7.85. The molecule has 0 spiro atoms. The quantitative estimate of drug-likeness (QED) is 0.0558. The molecule has 310 valence electrons. The summed E-state index contributed by atoms with van der Waals surface area (Å²) in [4.78, 5) is 42.7. The maximum atomic E-state index is 12.6. The Morgan fingerprint density at radius 1 is 0.705 bits per heavy atom. The van der Waals surface area contributed by atoms with Crippen molar-refractivity contribution in [2.75, 3.05) is 0 Å². The van der Waals surface area contributed by atoms with Crippen molar-refractivity contribution < 1.29 is 99.0 Å². The van der Waals surface area contributed by atoms with Crippen molar-refractivity contribution in [1.29, 1.82) is 0 Å². The van der Waals surface area contributed by atoms with Gasteiger partial charge in [-0.3, -0.25) is 35.1 Å². The molecule has 0 aliphatic heterocycles. The zero-order chi connectivity index (χ0) is 43.6. The molecule has 8 N–H and O–H groups in total. The Morgan fingerprint density at radius 3 is 1.84 bits per heavy atom. The van der Waals surface area contributed by atoms with Crippen LogP contribution in [-0.2, 0) is 37.4 Å². The van der Waals surface area contributed by atoms with Crippen molar-refractivity contribution in [1.82, 2.24) is 9.78 Å². The normalized spacial score (nSPS) is 11.4. The Hall–Kier alpha value is -6.48. The predicted octanol–water partition coefficient (Wildman–Crippen LogP) is 1.19. The number of aromatic nitrogens is 2. The SMILES string of the molecule is Cc1[n-]n(-c2ccc(S([NH3+])(=O)=O)cc2)c(=O)c1N=Nc1cc([N+](=O)[O-])ccc1O.NS(=O)(=O)c1ccc2c(N=Nc3cc([N+](=O)[O-])cc([N+](=O)[O-])c3O)c(O)ccc2c1.[Cr].[Na+]. The van der Waals surface area contributed by atoms with Crippen LogP contribution in [0.5, 0.6) is 17.2 Å². The van der Waals surface area contributed by atoms with E-state index in [2.05, 4.69) is 30.7 Å². The molecule has 25 nitrogen and oxygen atoms in total. The Labute approximate surface area is 373 Å². The molecule has 29 heteroatoms. The first kappa shape index (κ1) is 48.9. The van der Waals surface area contributed by atoms with E-state index in [-0.39, 0.29) is 102 Å². The number of hydrogen-bond donors (Lipinski definition) is 5. The molecular formula is C32H25CrN11NaO14S2+. The number of nitrogens with two attached hydrogens (primary N) is 1. The van der Waals surface area contributed by atoms with Crippen molar-refractivity contribution in [3.8, 4) is 22.9 Å². The number of benzene rings is 5. The van der Waals surface area contributed by atoms with Gasteiger partial charge in [0.25, 0.3) is 16.9 Å². The minimum absolute atomic E-state index is 0. The fourth-order valence-corrected chi connectivity index (χ4v) is 6.07. The molecular weight excluding hydrogens is 902 g/mol. The molecule has 0 aliphatic carbocycles. The van der Waals surface area contributed by atoms with Crippen LogP contribution in [0.2, 0.25) is 0 Å². The van der Waals surface area contributed by atoms with Crippen LogP contribution in [0.25, 0.3) is 16.5 Å². The van der Waals surface area contributed by atoms with Crippen molar-refractivity contribution in [2.24, 2.45) is 25.6 Å². The van der Waals surface area contributed by atoms with Gasteiger partial charge in [0.2, 0.25) is 15.8 Å². The number of quaternary nitrogens is 1. The number of rotatable bonds is 10. The summed E-state index contributed by atoms with van der Waals surface area (Å²) in [7, 11) is -7.61. The number of phenolic OH excluding ortho intramolecular Hbond substituents is 3. The van der Waals surface area contributed by atoms with Crippen LogP contribution in [0.15, 0.2) is 120 Å². The molecule has 0 radical (unpaired) electrons. The Bertz CT molecular complexity index is 3070. The van der Waals surface area contributed by atoms with Gasteiger partial charge in [-0.25, -0.2) is 18.7 Å². The average molecular weight is 927 g/mol. The molecule has 0 atom stereocenters. The number of nitrogens with zero attached hydrogens (tertiary/aromatic N) is 9. The van der Waals surface area contributed by atoms with Crippen LogP contribution < -0.4 is 50.5 Å². The van der Waals surface area contributed by atoms with Crippen LogP contribution in [0, 0.1) is 37.3 Å². The first-order valence-electron chi connectivity index (χ1n) is 15.8. The number of aromatic hydroxyl groups is 3. The fourth-order valence-electron chi connectivity index (χ4n) is 4.97. The number of nitro benzene ring substituents is 3. The summed E-state index contributed by atoms with van der Waals surface area (Å²) in [6.45, 7) is 1.51. The maximum Gasteiger partial charge on any atom is 1.00 e. The number of aryl methyl sites for hydroxylation is 1. The number of azo groups is 2. The van der Waals surface area contributed by atoms with Gasteiger partial charge in [-0.05, 0) is 53.9 Å². The smallest absolute Gasteiger partial charge is 0.589 e.